The molecule has 0 unspecified atom stereocenters. The van der Waals surface area contributed by atoms with Crippen molar-refractivity contribution in [1.82, 2.24) is 20.1 Å². The summed E-state index contributed by atoms with van der Waals surface area (Å²) in [6, 6.07) is 23.3. The monoisotopic (exact) mass is 545 g/mol. The average Bonchev–Trinajstić information content (AvgIpc) is 3.35. The molecule has 0 atom stereocenters. The van der Waals surface area contributed by atoms with Crippen LogP contribution in [0.15, 0.2) is 87.7 Å². The molecular formula is C28H27N5O3S2. The van der Waals surface area contributed by atoms with Crippen molar-refractivity contribution in [2.45, 2.75) is 41.4 Å². The minimum Gasteiger partial charge on any atom is -0.497 e. The second-order valence-electron chi connectivity index (χ2n) is 8.50. The largest absolute Gasteiger partial charge is 0.497 e. The Kier molecular flexibility index (Phi) is 8.00. The van der Waals surface area contributed by atoms with E-state index in [2.05, 4.69) is 15.5 Å². The Hall–Kier alpha value is -3.76. The number of thioether (sulfide) groups is 1. The van der Waals surface area contributed by atoms with E-state index in [1.807, 2.05) is 84.3 Å². The first-order valence-electron chi connectivity index (χ1n) is 12.2. The molecule has 3 aromatic carbocycles. The summed E-state index contributed by atoms with van der Waals surface area (Å²) in [6.45, 7) is 2.87. The standard InChI is InChI=1S/C28H27N5O3S2/c1-3-32-25(17-29-26(34)16-19-12-14-20(36-2)15-13-19)30-31-28(32)37-18-27(35)33-21-8-4-6-10-23(21)38-24-11-7-5-9-22(24)33/h4-15H,3,16-18H2,1-2H3,(H,29,34). The molecule has 0 bridgehead atoms. The fraction of sp³-hybridized carbons (Fsp3) is 0.214. The Morgan fingerprint density at radius 1 is 0.947 bits per heavy atom. The number of hydrogen-bond acceptors (Lipinski definition) is 7. The van der Waals surface area contributed by atoms with Crippen LogP contribution in [0.5, 0.6) is 5.75 Å². The molecule has 0 radical (unpaired) electrons. The first-order chi connectivity index (χ1) is 18.6. The number of carbonyl (C=O) groups is 2. The van der Waals surface area contributed by atoms with Gasteiger partial charge in [0.1, 0.15) is 5.75 Å². The predicted molar refractivity (Wildman–Crippen MR) is 149 cm³/mol. The zero-order chi connectivity index (χ0) is 26.5. The fourth-order valence-corrected chi connectivity index (χ4v) is 6.14. The number of anilines is 2. The summed E-state index contributed by atoms with van der Waals surface area (Å²) in [7, 11) is 1.61. The third kappa shape index (κ3) is 5.56. The van der Waals surface area contributed by atoms with Crippen LogP contribution < -0.4 is 15.0 Å². The lowest BCUT2D eigenvalue weighted by Gasteiger charge is -2.30. The molecule has 194 valence electrons. The van der Waals surface area contributed by atoms with Crippen molar-refractivity contribution < 1.29 is 14.3 Å². The summed E-state index contributed by atoms with van der Waals surface area (Å²) in [6.07, 6.45) is 0.261. The van der Waals surface area contributed by atoms with Gasteiger partial charge in [0.15, 0.2) is 11.0 Å². The summed E-state index contributed by atoms with van der Waals surface area (Å²) in [4.78, 5) is 29.9. The molecule has 1 aromatic heterocycles. The lowest BCUT2D eigenvalue weighted by atomic mass is 10.1. The van der Waals surface area contributed by atoms with E-state index < -0.39 is 0 Å². The second-order valence-corrected chi connectivity index (χ2v) is 10.5. The maximum absolute atomic E-state index is 13.5. The number of fused-ring (bicyclic) bond motifs is 2. The topological polar surface area (TPSA) is 89.4 Å². The van der Waals surface area contributed by atoms with Gasteiger partial charge >= 0.3 is 0 Å². The van der Waals surface area contributed by atoms with Crippen LogP contribution in [0, 0.1) is 0 Å². The number of amides is 2. The van der Waals surface area contributed by atoms with E-state index >= 15 is 0 Å². The van der Waals surface area contributed by atoms with Crippen molar-refractivity contribution in [2.24, 2.45) is 0 Å². The van der Waals surface area contributed by atoms with Crippen LogP contribution in [-0.2, 0) is 29.1 Å². The minimum atomic E-state index is -0.106. The number of nitrogens with zero attached hydrogens (tertiary/aromatic N) is 4. The molecule has 0 aliphatic carbocycles. The number of hydrogen-bond donors (Lipinski definition) is 1. The molecule has 2 amide bonds. The van der Waals surface area contributed by atoms with Crippen molar-refractivity contribution >= 4 is 46.7 Å². The molecule has 10 heteroatoms. The Morgan fingerprint density at radius 2 is 1.61 bits per heavy atom. The molecular weight excluding hydrogens is 518 g/mol. The minimum absolute atomic E-state index is 0.0322. The van der Waals surface area contributed by atoms with Gasteiger partial charge in [0.25, 0.3) is 0 Å². The molecule has 1 aliphatic heterocycles. The number of rotatable bonds is 9. The van der Waals surface area contributed by atoms with Gasteiger partial charge in [-0.25, -0.2) is 0 Å². The zero-order valence-electron chi connectivity index (χ0n) is 21.1. The summed E-state index contributed by atoms with van der Waals surface area (Å²) in [5, 5.41) is 12.2. The van der Waals surface area contributed by atoms with Crippen LogP contribution in [0.3, 0.4) is 0 Å². The van der Waals surface area contributed by atoms with Gasteiger partial charge in [0.2, 0.25) is 11.8 Å². The molecule has 1 aliphatic rings. The van der Waals surface area contributed by atoms with Gasteiger partial charge < -0.3 is 14.6 Å². The van der Waals surface area contributed by atoms with E-state index in [-0.39, 0.29) is 30.5 Å². The Labute approximate surface area is 229 Å². The van der Waals surface area contributed by atoms with Gasteiger partial charge in [-0.15, -0.1) is 10.2 Å². The highest BCUT2D eigenvalue weighted by atomic mass is 32.2. The fourth-order valence-electron chi connectivity index (χ4n) is 4.21. The van der Waals surface area contributed by atoms with Gasteiger partial charge in [0.05, 0.1) is 37.2 Å². The van der Waals surface area contributed by atoms with Crippen LogP contribution in [-0.4, -0.2) is 39.4 Å². The lowest BCUT2D eigenvalue weighted by Crippen LogP contribution is -2.30. The lowest BCUT2D eigenvalue weighted by molar-refractivity contribution is -0.120. The average molecular weight is 546 g/mol. The second kappa shape index (κ2) is 11.7. The summed E-state index contributed by atoms with van der Waals surface area (Å²) in [5.41, 5.74) is 2.67. The van der Waals surface area contributed by atoms with Gasteiger partial charge in [0, 0.05) is 16.3 Å². The number of benzene rings is 3. The highest BCUT2D eigenvalue weighted by Gasteiger charge is 2.28. The van der Waals surface area contributed by atoms with E-state index in [9.17, 15) is 9.59 Å². The smallest absolute Gasteiger partial charge is 0.242 e. The highest BCUT2D eigenvalue weighted by molar-refractivity contribution is 8.00. The normalized spacial score (nSPS) is 12.0. The highest BCUT2D eigenvalue weighted by Crippen LogP contribution is 2.48. The Bertz CT molecular complexity index is 1410. The number of nitrogens with one attached hydrogen (secondary N) is 1. The first-order valence-corrected chi connectivity index (χ1v) is 14.0. The molecule has 5 rings (SSSR count). The van der Waals surface area contributed by atoms with Crippen LogP contribution >= 0.6 is 23.5 Å². The van der Waals surface area contributed by atoms with Gasteiger partial charge in [-0.1, -0.05) is 59.9 Å². The van der Waals surface area contributed by atoms with E-state index in [4.69, 9.17) is 4.74 Å². The summed E-state index contributed by atoms with van der Waals surface area (Å²) >= 11 is 3.02. The SMILES string of the molecule is CCn1c(CNC(=O)Cc2ccc(OC)cc2)nnc1SCC(=O)N1c2ccccc2Sc2ccccc21. The van der Waals surface area contributed by atoms with Crippen LogP contribution in [0.1, 0.15) is 18.3 Å². The predicted octanol–water partition coefficient (Wildman–Crippen LogP) is 5.09. The van der Waals surface area contributed by atoms with E-state index in [1.165, 1.54) is 11.8 Å². The number of methoxy groups -OCH3 is 1. The van der Waals surface area contributed by atoms with E-state index in [0.29, 0.717) is 17.5 Å². The molecule has 0 saturated carbocycles. The molecule has 38 heavy (non-hydrogen) atoms. The third-order valence-corrected chi connectivity index (χ3v) is 8.17. The van der Waals surface area contributed by atoms with Gasteiger partial charge in [-0.2, -0.15) is 0 Å². The quantitative estimate of drug-likeness (QED) is 0.293. The van der Waals surface area contributed by atoms with Crippen molar-refractivity contribution in [3.05, 3.63) is 84.2 Å². The van der Waals surface area contributed by atoms with Crippen molar-refractivity contribution in [1.29, 1.82) is 0 Å². The van der Waals surface area contributed by atoms with Crippen molar-refractivity contribution in [3.63, 3.8) is 0 Å². The number of aromatic nitrogens is 3. The Morgan fingerprint density at radius 3 is 2.24 bits per heavy atom. The third-order valence-electron chi connectivity index (χ3n) is 6.08. The number of ether oxygens (including phenoxy) is 1. The van der Waals surface area contributed by atoms with Crippen molar-refractivity contribution in [2.75, 3.05) is 17.8 Å². The van der Waals surface area contributed by atoms with Crippen LogP contribution in [0.2, 0.25) is 0 Å². The summed E-state index contributed by atoms with van der Waals surface area (Å²) < 4.78 is 7.09. The first kappa shape index (κ1) is 25.9. The van der Waals surface area contributed by atoms with E-state index in [0.717, 1.165) is 32.5 Å². The van der Waals surface area contributed by atoms with Crippen molar-refractivity contribution in [3.8, 4) is 5.75 Å². The molecule has 0 saturated heterocycles. The molecule has 0 fully saturated rings. The molecule has 4 aromatic rings. The van der Waals surface area contributed by atoms with Crippen LogP contribution in [0.25, 0.3) is 0 Å². The summed E-state index contributed by atoms with van der Waals surface area (Å²) in [5.74, 6) is 1.47. The maximum atomic E-state index is 13.5. The zero-order valence-corrected chi connectivity index (χ0v) is 22.7. The van der Waals surface area contributed by atoms with Gasteiger partial charge in [-0.3, -0.25) is 14.5 Å². The molecule has 2 heterocycles. The van der Waals surface area contributed by atoms with E-state index in [1.54, 1.807) is 23.8 Å². The molecule has 1 N–H and O–H groups in total. The number of carbonyl (C=O) groups excluding carboxylic acids is 2. The van der Waals surface area contributed by atoms with Gasteiger partial charge in [-0.05, 0) is 48.9 Å². The Balaban J connectivity index is 1.23. The van der Waals surface area contributed by atoms with Crippen LogP contribution in [0.4, 0.5) is 11.4 Å². The maximum Gasteiger partial charge on any atom is 0.242 e. The molecule has 0 spiro atoms. The number of para-hydroxylation sites is 2. The molecule has 8 nitrogen and oxygen atoms in total.